The standard InChI is InChI=1S/C16H25N5O2/c1-6-9(2)14(22)8-17-16(23)13-7-12(18-19-13)15-10(3)20-21(5)11(15)4/h7,9,14,22H,6,8H2,1-5H3,(H,17,23)(H,18,19). The number of rotatable bonds is 6. The Morgan fingerprint density at radius 1 is 1.48 bits per heavy atom. The van der Waals surface area contributed by atoms with Crippen LogP contribution in [-0.2, 0) is 7.05 Å². The van der Waals surface area contributed by atoms with E-state index in [1.807, 2.05) is 34.7 Å². The minimum absolute atomic E-state index is 0.147. The van der Waals surface area contributed by atoms with Gasteiger partial charge in [-0.25, -0.2) is 0 Å². The van der Waals surface area contributed by atoms with Crippen molar-refractivity contribution in [1.82, 2.24) is 25.3 Å². The van der Waals surface area contributed by atoms with Crippen LogP contribution < -0.4 is 5.32 Å². The Balaban J connectivity index is 2.08. The molecule has 126 valence electrons. The van der Waals surface area contributed by atoms with Crippen LogP contribution in [0.4, 0.5) is 0 Å². The first-order valence-electron chi connectivity index (χ1n) is 7.87. The van der Waals surface area contributed by atoms with Crippen LogP contribution >= 0.6 is 0 Å². The van der Waals surface area contributed by atoms with Gasteiger partial charge < -0.3 is 10.4 Å². The number of nitrogens with zero attached hydrogens (tertiary/aromatic N) is 3. The number of aliphatic hydroxyl groups excluding tert-OH is 1. The lowest BCUT2D eigenvalue weighted by Crippen LogP contribution is -2.35. The Bertz CT molecular complexity index is 689. The fraction of sp³-hybridized carbons (Fsp3) is 0.562. The summed E-state index contributed by atoms with van der Waals surface area (Å²) in [5, 5.41) is 24.0. The molecule has 0 saturated heterocycles. The highest BCUT2D eigenvalue weighted by Gasteiger charge is 2.18. The zero-order valence-electron chi connectivity index (χ0n) is 14.3. The molecule has 0 saturated carbocycles. The molecule has 0 aliphatic carbocycles. The van der Waals surface area contributed by atoms with E-state index in [9.17, 15) is 9.90 Å². The van der Waals surface area contributed by atoms with E-state index in [-0.39, 0.29) is 18.4 Å². The van der Waals surface area contributed by atoms with Crippen molar-refractivity contribution in [3.8, 4) is 11.3 Å². The van der Waals surface area contributed by atoms with Crippen LogP contribution in [-0.4, -0.2) is 43.6 Å². The van der Waals surface area contributed by atoms with Gasteiger partial charge in [0.05, 0.1) is 17.5 Å². The van der Waals surface area contributed by atoms with Crippen LogP contribution in [0.2, 0.25) is 0 Å². The number of amides is 1. The lowest BCUT2D eigenvalue weighted by atomic mass is 10.0. The van der Waals surface area contributed by atoms with Crippen molar-refractivity contribution < 1.29 is 9.90 Å². The fourth-order valence-corrected chi connectivity index (χ4v) is 2.48. The van der Waals surface area contributed by atoms with Crippen LogP contribution in [0.25, 0.3) is 11.3 Å². The number of H-pyrrole nitrogens is 1. The number of aromatic nitrogens is 4. The molecule has 1 amide bonds. The number of aryl methyl sites for hydroxylation is 2. The van der Waals surface area contributed by atoms with E-state index in [4.69, 9.17) is 0 Å². The quantitative estimate of drug-likeness (QED) is 0.753. The van der Waals surface area contributed by atoms with E-state index in [0.717, 1.165) is 23.4 Å². The van der Waals surface area contributed by atoms with Gasteiger partial charge in [-0.05, 0) is 25.8 Å². The van der Waals surface area contributed by atoms with E-state index in [2.05, 4.69) is 20.6 Å². The first-order chi connectivity index (χ1) is 10.8. The summed E-state index contributed by atoms with van der Waals surface area (Å²) in [4.78, 5) is 12.2. The highest BCUT2D eigenvalue weighted by Crippen LogP contribution is 2.25. The number of nitrogens with one attached hydrogen (secondary N) is 2. The maximum absolute atomic E-state index is 12.2. The topological polar surface area (TPSA) is 95.8 Å². The van der Waals surface area contributed by atoms with Crippen LogP contribution in [0.3, 0.4) is 0 Å². The third-order valence-electron chi connectivity index (χ3n) is 4.36. The molecule has 2 rings (SSSR count). The lowest BCUT2D eigenvalue weighted by Gasteiger charge is -2.17. The lowest BCUT2D eigenvalue weighted by molar-refractivity contribution is 0.0846. The SMILES string of the molecule is CCC(C)C(O)CNC(=O)c1cc(-c2c(C)nn(C)c2C)n[nH]1. The van der Waals surface area contributed by atoms with Gasteiger partial charge in [0.2, 0.25) is 0 Å². The molecule has 0 bridgehead atoms. The smallest absolute Gasteiger partial charge is 0.269 e. The molecule has 2 aromatic rings. The van der Waals surface area contributed by atoms with Gasteiger partial charge in [0.1, 0.15) is 5.69 Å². The molecule has 2 atom stereocenters. The minimum Gasteiger partial charge on any atom is -0.391 e. The van der Waals surface area contributed by atoms with Crippen molar-refractivity contribution in [3.05, 3.63) is 23.1 Å². The average Bonchev–Trinajstić information content (AvgIpc) is 3.09. The molecule has 2 aromatic heterocycles. The summed E-state index contributed by atoms with van der Waals surface area (Å²) in [6.07, 6.45) is 0.319. The van der Waals surface area contributed by atoms with Crippen molar-refractivity contribution >= 4 is 5.91 Å². The fourth-order valence-electron chi connectivity index (χ4n) is 2.48. The molecule has 0 radical (unpaired) electrons. The Kier molecular flexibility index (Phi) is 5.20. The van der Waals surface area contributed by atoms with Crippen molar-refractivity contribution in [3.63, 3.8) is 0 Å². The van der Waals surface area contributed by atoms with Gasteiger partial charge in [0, 0.05) is 24.8 Å². The molecule has 2 heterocycles. The summed E-state index contributed by atoms with van der Waals surface area (Å²) < 4.78 is 1.79. The molecule has 3 N–H and O–H groups in total. The second kappa shape index (κ2) is 6.95. The van der Waals surface area contributed by atoms with Crippen molar-refractivity contribution in [2.24, 2.45) is 13.0 Å². The minimum atomic E-state index is -0.547. The summed E-state index contributed by atoms with van der Waals surface area (Å²) in [5.41, 5.74) is 3.87. The molecular formula is C16H25N5O2. The molecule has 0 aliphatic rings. The van der Waals surface area contributed by atoms with Crippen molar-refractivity contribution in [2.75, 3.05) is 6.54 Å². The second-order valence-electron chi connectivity index (χ2n) is 6.00. The number of aliphatic hydroxyl groups is 1. The number of carbonyl (C=O) groups excluding carboxylic acids is 1. The Hall–Kier alpha value is -2.15. The van der Waals surface area contributed by atoms with Gasteiger partial charge in [0.15, 0.2) is 0 Å². The third-order valence-corrected chi connectivity index (χ3v) is 4.36. The molecule has 2 unspecified atom stereocenters. The highest BCUT2D eigenvalue weighted by molar-refractivity contribution is 5.93. The van der Waals surface area contributed by atoms with Gasteiger partial charge in [-0.15, -0.1) is 0 Å². The van der Waals surface area contributed by atoms with Crippen LogP contribution in [0.5, 0.6) is 0 Å². The Morgan fingerprint density at radius 3 is 2.74 bits per heavy atom. The Morgan fingerprint density at radius 2 is 2.17 bits per heavy atom. The van der Waals surface area contributed by atoms with E-state index < -0.39 is 6.10 Å². The zero-order valence-corrected chi connectivity index (χ0v) is 14.3. The zero-order chi connectivity index (χ0) is 17.1. The number of hydrogen-bond acceptors (Lipinski definition) is 4. The number of hydrogen-bond donors (Lipinski definition) is 3. The second-order valence-corrected chi connectivity index (χ2v) is 6.00. The first-order valence-corrected chi connectivity index (χ1v) is 7.87. The monoisotopic (exact) mass is 319 g/mol. The van der Waals surface area contributed by atoms with E-state index in [0.29, 0.717) is 11.4 Å². The normalized spacial score (nSPS) is 13.8. The van der Waals surface area contributed by atoms with Crippen molar-refractivity contribution in [1.29, 1.82) is 0 Å². The average molecular weight is 319 g/mol. The van der Waals surface area contributed by atoms with E-state index in [1.54, 1.807) is 10.7 Å². The van der Waals surface area contributed by atoms with Gasteiger partial charge in [-0.2, -0.15) is 10.2 Å². The molecule has 23 heavy (non-hydrogen) atoms. The van der Waals surface area contributed by atoms with Gasteiger partial charge in [0.25, 0.3) is 5.91 Å². The van der Waals surface area contributed by atoms with Crippen molar-refractivity contribution in [2.45, 2.75) is 40.2 Å². The predicted molar refractivity (Wildman–Crippen MR) is 88.1 cm³/mol. The van der Waals surface area contributed by atoms with Gasteiger partial charge in [-0.1, -0.05) is 20.3 Å². The summed E-state index contributed by atoms with van der Waals surface area (Å²) in [7, 11) is 1.88. The molecule has 0 fully saturated rings. The maximum atomic E-state index is 12.2. The third kappa shape index (κ3) is 3.61. The van der Waals surface area contributed by atoms with Crippen LogP contribution in [0, 0.1) is 19.8 Å². The summed E-state index contributed by atoms with van der Waals surface area (Å²) in [6, 6.07) is 1.71. The number of carbonyl (C=O) groups is 1. The van der Waals surface area contributed by atoms with Crippen LogP contribution in [0.1, 0.15) is 42.1 Å². The summed E-state index contributed by atoms with van der Waals surface area (Å²) >= 11 is 0. The van der Waals surface area contributed by atoms with Crippen LogP contribution in [0.15, 0.2) is 6.07 Å². The molecule has 7 heteroatoms. The first kappa shape index (κ1) is 17.2. The van der Waals surface area contributed by atoms with E-state index in [1.165, 1.54) is 0 Å². The molecule has 0 aromatic carbocycles. The molecule has 7 nitrogen and oxygen atoms in total. The Labute approximate surface area is 136 Å². The van der Waals surface area contributed by atoms with E-state index >= 15 is 0 Å². The molecule has 0 aliphatic heterocycles. The molecular weight excluding hydrogens is 294 g/mol. The highest BCUT2D eigenvalue weighted by atomic mass is 16.3. The summed E-state index contributed by atoms with van der Waals surface area (Å²) in [6.45, 7) is 8.08. The maximum Gasteiger partial charge on any atom is 0.269 e. The summed E-state index contributed by atoms with van der Waals surface area (Å²) in [5.74, 6) is -0.126. The molecule has 0 spiro atoms. The van der Waals surface area contributed by atoms with Gasteiger partial charge in [-0.3, -0.25) is 14.6 Å². The number of aromatic amines is 1. The predicted octanol–water partition coefficient (Wildman–Crippen LogP) is 1.56. The van der Waals surface area contributed by atoms with Gasteiger partial charge >= 0.3 is 0 Å². The largest absolute Gasteiger partial charge is 0.391 e.